The Morgan fingerprint density at radius 1 is 1.05 bits per heavy atom. The molecule has 1 fully saturated rings. The topological polar surface area (TPSA) is 124 Å². The van der Waals surface area contributed by atoms with Crippen LogP contribution in [0, 0.1) is 0 Å². The number of aliphatic carboxylic acids is 2. The van der Waals surface area contributed by atoms with E-state index in [0.29, 0.717) is 17.7 Å². The highest BCUT2D eigenvalue weighted by Gasteiger charge is 2.37. The molecule has 2 amide bonds. The van der Waals surface area contributed by atoms with Crippen LogP contribution < -0.4 is 0 Å². The second-order valence-electron chi connectivity index (χ2n) is 4.59. The Balaban J connectivity index is 2.77. The fraction of sp³-hybridized carbons (Fsp3) is 0.667. The van der Waals surface area contributed by atoms with Crippen LogP contribution in [0.1, 0.15) is 19.8 Å². The van der Waals surface area contributed by atoms with Crippen molar-refractivity contribution in [1.82, 2.24) is 9.80 Å². The smallest absolute Gasteiger partial charge is 0.325 e. The number of rotatable bonds is 8. The van der Waals surface area contributed by atoms with Crippen molar-refractivity contribution in [3.05, 3.63) is 0 Å². The van der Waals surface area contributed by atoms with E-state index in [2.05, 4.69) is 0 Å². The molecule has 0 unspecified atom stereocenters. The van der Waals surface area contributed by atoms with Crippen LogP contribution in [-0.2, 0) is 19.1 Å². The molecule has 2 N–H and O–H groups in total. The minimum absolute atomic E-state index is 0.166. The van der Waals surface area contributed by atoms with Crippen molar-refractivity contribution in [1.29, 1.82) is 0 Å². The molecule has 0 aliphatic heterocycles. The molecule has 118 valence electrons. The molecule has 0 radical (unpaired) electrons. The molecule has 0 aromatic rings. The Morgan fingerprint density at radius 2 is 1.57 bits per heavy atom. The lowest BCUT2D eigenvalue weighted by molar-refractivity contribution is -0.144. The van der Waals surface area contributed by atoms with E-state index < -0.39 is 37.0 Å². The van der Waals surface area contributed by atoms with Gasteiger partial charge in [-0.15, -0.1) is 0 Å². The summed E-state index contributed by atoms with van der Waals surface area (Å²) in [6.07, 6.45) is 1.39. The van der Waals surface area contributed by atoms with Crippen LogP contribution in [0.3, 0.4) is 0 Å². The zero-order chi connectivity index (χ0) is 16.0. The molecule has 9 heteroatoms. The Kier molecular flexibility index (Phi) is 5.94. The second-order valence-corrected chi connectivity index (χ2v) is 4.59. The maximum absolute atomic E-state index is 12.3. The number of nitrogens with zero attached hydrogens (tertiary/aromatic N) is 2. The summed E-state index contributed by atoms with van der Waals surface area (Å²) in [5.74, 6) is -3.25. The maximum atomic E-state index is 12.3. The van der Waals surface area contributed by atoms with Gasteiger partial charge in [0.15, 0.2) is 0 Å². The van der Waals surface area contributed by atoms with Gasteiger partial charge >= 0.3 is 23.9 Å². The number of esters is 1. The van der Waals surface area contributed by atoms with Gasteiger partial charge in [-0.2, -0.15) is 0 Å². The van der Waals surface area contributed by atoms with Gasteiger partial charge in [0.2, 0.25) is 0 Å². The zero-order valence-electron chi connectivity index (χ0n) is 11.7. The largest absolute Gasteiger partial charge is 0.480 e. The van der Waals surface area contributed by atoms with Gasteiger partial charge in [-0.05, 0) is 19.8 Å². The van der Waals surface area contributed by atoms with Crippen LogP contribution >= 0.6 is 0 Å². The fourth-order valence-electron chi connectivity index (χ4n) is 1.78. The highest BCUT2D eigenvalue weighted by molar-refractivity contribution is 5.86. The summed E-state index contributed by atoms with van der Waals surface area (Å²) in [5, 5.41) is 17.5. The number of urea groups is 1. The van der Waals surface area contributed by atoms with E-state index in [4.69, 9.17) is 14.9 Å². The van der Waals surface area contributed by atoms with E-state index in [1.807, 2.05) is 0 Å². The standard InChI is InChI=1S/C12H18N2O7/c1-2-21-11(19)7-14(8-3-4-8)12(20)13(5-9(15)16)6-10(17)18/h8H,2-7H2,1H3,(H,15,16)(H,17,18). The SMILES string of the molecule is CCOC(=O)CN(C(=O)N(CC(=O)O)CC(=O)O)C1CC1. The first-order valence-electron chi connectivity index (χ1n) is 6.49. The molecule has 0 spiro atoms. The van der Waals surface area contributed by atoms with Crippen molar-refractivity contribution < 1.29 is 34.1 Å². The molecule has 9 nitrogen and oxygen atoms in total. The summed E-state index contributed by atoms with van der Waals surface area (Å²) in [6, 6.07) is -0.956. The third-order valence-electron chi connectivity index (χ3n) is 2.76. The fourth-order valence-corrected chi connectivity index (χ4v) is 1.78. The number of hydrogen-bond donors (Lipinski definition) is 2. The van der Waals surface area contributed by atoms with E-state index >= 15 is 0 Å². The molecule has 0 heterocycles. The lowest BCUT2D eigenvalue weighted by atomic mass is 10.4. The number of carbonyl (C=O) groups is 4. The van der Waals surface area contributed by atoms with Gasteiger partial charge in [0.05, 0.1) is 6.61 Å². The van der Waals surface area contributed by atoms with Crippen LogP contribution in [0.25, 0.3) is 0 Å². The predicted octanol–water partition coefficient (Wildman–Crippen LogP) is -0.395. The molecule has 21 heavy (non-hydrogen) atoms. The average molecular weight is 302 g/mol. The number of amides is 2. The van der Waals surface area contributed by atoms with Gasteiger partial charge in [-0.25, -0.2) is 4.79 Å². The quantitative estimate of drug-likeness (QED) is 0.585. The number of carboxylic acid groups (broad SMARTS) is 2. The lowest BCUT2D eigenvalue weighted by Crippen LogP contribution is -2.50. The number of carbonyl (C=O) groups excluding carboxylic acids is 2. The van der Waals surface area contributed by atoms with Crippen molar-refractivity contribution in [2.45, 2.75) is 25.8 Å². The van der Waals surface area contributed by atoms with Crippen molar-refractivity contribution >= 4 is 23.9 Å². The third kappa shape index (κ3) is 5.67. The molecule has 0 aromatic carbocycles. The lowest BCUT2D eigenvalue weighted by Gasteiger charge is -2.28. The van der Waals surface area contributed by atoms with Gasteiger partial charge in [0.1, 0.15) is 19.6 Å². The summed E-state index contributed by atoms with van der Waals surface area (Å²) in [6.45, 7) is 0.00325. The number of ether oxygens (including phenoxy) is 1. The highest BCUT2D eigenvalue weighted by Crippen LogP contribution is 2.27. The van der Waals surface area contributed by atoms with Gasteiger partial charge in [-0.3, -0.25) is 14.4 Å². The van der Waals surface area contributed by atoms with Crippen LogP contribution in [-0.4, -0.2) is 76.2 Å². The van der Waals surface area contributed by atoms with Crippen molar-refractivity contribution in [2.24, 2.45) is 0 Å². The minimum atomic E-state index is -1.32. The average Bonchev–Trinajstić information content (AvgIpc) is 3.17. The molecule has 0 aromatic heterocycles. The molecule has 0 bridgehead atoms. The Bertz CT molecular complexity index is 417. The summed E-state index contributed by atoms with van der Waals surface area (Å²) in [5.41, 5.74) is 0. The van der Waals surface area contributed by atoms with E-state index in [-0.39, 0.29) is 19.2 Å². The first-order chi connectivity index (χ1) is 9.85. The third-order valence-corrected chi connectivity index (χ3v) is 2.76. The molecule has 1 rings (SSSR count). The second kappa shape index (κ2) is 7.46. The van der Waals surface area contributed by atoms with Crippen LogP contribution in [0.15, 0.2) is 0 Å². The molecule has 1 aliphatic rings. The van der Waals surface area contributed by atoms with E-state index in [1.54, 1.807) is 6.92 Å². The Labute approximate surface area is 121 Å². The van der Waals surface area contributed by atoms with Crippen molar-refractivity contribution in [2.75, 3.05) is 26.2 Å². The van der Waals surface area contributed by atoms with E-state index in [0.717, 1.165) is 0 Å². The predicted molar refractivity (Wildman–Crippen MR) is 68.6 cm³/mol. The zero-order valence-corrected chi connectivity index (χ0v) is 11.7. The summed E-state index contributed by atoms with van der Waals surface area (Å²) < 4.78 is 4.76. The molecule has 0 atom stereocenters. The van der Waals surface area contributed by atoms with Gasteiger partial charge in [0.25, 0.3) is 0 Å². The summed E-state index contributed by atoms with van der Waals surface area (Å²) in [7, 11) is 0. The van der Waals surface area contributed by atoms with E-state index in [1.165, 1.54) is 4.90 Å². The summed E-state index contributed by atoms with van der Waals surface area (Å²) in [4.78, 5) is 47.1. The van der Waals surface area contributed by atoms with Crippen LogP contribution in [0.5, 0.6) is 0 Å². The van der Waals surface area contributed by atoms with Gasteiger partial charge in [-0.1, -0.05) is 0 Å². The summed E-state index contributed by atoms with van der Waals surface area (Å²) >= 11 is 0. The van der Waals surface area contributed by atoms with E-state index in [9.17, 15) is 19.2 Å². The van der Waals surface area contributed by atoms with Crippen LogP contribution in [0.2, 0.25) is 0 Å². The molecule has 0 saturated heterocycles. The first-order valence-corrected chi connectivity index (χ1v) is 6.49. The molecule has 1 saturated carbocycles. The van der Waals surface area contributed by atoms with Gasteiger partial charge < -0.3 is 24.7 Å². The number of hydrogen-bond acceptors (Lipinski definition) is 5. The highest BCUT2D eigenvalue weighted by atomic mass is 16.5. The Morgan fingerprint density at radius 3 is 1.95 bits per heavy atom. The van der Waals surface area contributed by atoms with Crippen molar-refractivity contribution in [3.8, 4) is 0 Å². The van der Waals surface area contributed by atoms with Crippen LogP contribution in [0.4, 0.5) is 4.79 Å². The monoisotopic (exact) mass is 302 g/mol. The van der Waals surface area contributed by atoms with Gasteiger partial charge in [0, 0.05) is 6.04 Å². The molecule has 1 aliphatic carbocycles. The first kappa shape index (κ1) is 16.7. The minimum Gasteiger partial charge on any atom is -0.480 e. The molecular weight excluding hydrogens is 284 g/mol. The molecular formula is C12H18N2O7. The normalized spacial score (nSPS) is 13.4. The maximum Gasteiger partial charge on any atom is 0.325 e. The Hall–Kier alpha value is -2.32. The number of carboxylic acids is 2. The van der Waals surface area contributed by atoms with Crippen molar-refractivity contribution in [3.63, 3.8) is 0 Å².